The lowest BCUT2D eigenvalue weighted by Gasteiger charge is -2.36. The smallest absolute Gasteiger partial charge is 0.188 e. The molecule has 0 amide bonds. The molecule has 7 heteroatoms. The van der Waals surface area contributed by atoms with Gasteiger partial charge in [-0.2, -0.15) is 0 Å². The van der Waals surface area contributed by atoms with Gasteiger partial charge < -0.3 is 15.8 Å². The summed E-state index contributed by atoms with van der Waals surface area (Å²) in [4.78, 5) is 7.21. The van der Waals surface area contributed by atoms with Crippen LogP contribution in [0, 0.1) is 0 Å². The molecule has 0 saturated carbocycles. The summed E-state index contributed by atoms with van der Waals surface area (Å²) >= 11 is 6.23. The lowest BCUT2D eigenvalue weighted by Crippen LogP contribution is -2.44. The highest BCUT2D eigenvalue weighted by Crippen LogP contribution is 2.36. The van der Waals surface area contributed by atoms with Crippen LogP contribution in [0.3, 0.4) is 0 Å². The van der Waals surface area contributed by atoms with Gasteiger partial charge in [-0.15, -0.1) is 24.0 Å². The Bertz CT molecular complexity index is 622. The molecular weight excluding hydrogens is 475 g/mol. The number of guanidine groups is 1. The third kappa shape index (κ3) is 5.95. The van der Waals surface area contributed by atoms with Crippen LogP contribution in [0.15, 0.2) is 29.3 Å². The first-order chi connectivity index (χ1) is 12.6. The maximum atomic E-state index is 6.23. The molecule has 0 aliphatic carbocycles. The van der Waals surface area contributed by atoms with Crippen molar-refractivity contribution in [2.45, 2.75) is 44.1 Å². The lowest BCUT2D eigenvalue weighted by molar-refractivity contribution is 0.0531. The van der Waals surface area contributed by atoms with E-state index in [1.807, 2.05) is 12.1 Å². The fourth-order valence-corrected chi connectivity index (χ4v) is 4.37. The Labute approximate surface area is 185 Å². The first-order valence-electron chi connectivity index (χ1n) is 9.74. The number of hydrogen-bond donors (Lipinski definition) is 2. The van der Waals surface area contributed by atoms with E-state index in [1.54, 1.807) is 0 Å². The molecule has 152 valence electrons. The van der Waals surface area contributed by atoms with Crippen LogP contribution in [-0.2, 0) is 10.2 Å². The van der Waals surface area contributed by atoms with Gasteiger partial charge in [-0.3, -0.25) is 9.89 Å². The summed E-state index contributed by atoms with van der Waals surface area (Å²) in [5.41, 5.74) is 7.38. The number of nitrogens with zero attached hydrogens (tertiary/aromatic N) is 2. The largest absolute Gasteiger partial charge is 0.381 e. The van der Waals surface area contributed by atoms with E-state index in [-0.39, 0.29) is 29.4 Å². The van der Waals surface area contributed by atoms with Gasteiger partial charge in [0.2, 0.25) is 0 Å². The van der Waals surface area contributed by atoms with Gasteiger partial charge >= 0.3 is 0 Å². The molecule has 0 aromatic heterocycles. The van der Waals surface area contributed by atoms with E-state index >= 15 is 0 Å². The number of halogens is 2. The van der Waals surface area contributed by atoms with E-state index in [4.69, 9.17) is 27.1 Å². The number of hydrogen-bond acceptors (Lipinski definition) is 3. The zero-order valence-corrected chi connectivity index (χ0v) is 19.2. The van der Waals surface area contributed by atoms with E-state index in [0.29, 0.717) is 18.5 Å². The summed E-state index contributed by atoms with van der Waals surface area (Å²) < 4.78 is 5.59. The highest BCUT2D eigenvalue weighted by molar-refractivity contribution is 14.0. The highest BCUT2D eigenvalue weighted by Gasteiger charge is 2.34. The molecule has 2 heterocycles. The van der Waals surface area contributed by atoms with Gasteiger partial charge in [-0.1, -0.05) is 30.7 Å². The summed E-state index contributed by atoms with van der Waals surface area (Å²) in [6, 6.07) is 8.70. The van der Waals surface area contributed by atoms with Crippen molar-refractivity contribution in [3.8, 4) is 0 Å². The molecule has 27 heavy (non-hydrogen) atoms. The fraction of sp³-hybridized carbons (Fsp3) is 0.650. The van der Waals surface area contributed by atoms with Gasteiger partial charge in [0.25, 0.3) is 0 Å². The third-order valence-electron chi connectivity index (χ3n) is 5.86. The van der Waals surface area contributed by atoms with Gasteiger partial charge in [-0.05, 0) is 56.5 Å². The Kier molecular flexibility index (Phi) is 9.11. The van der Waals surface area contributed by atoms with Gasteiger partial charge in [0, 0.05) is 36.2 Å². The molecule has 2 aliphatic heterocycles. The second-order valence-electron chi connectivity index (χ2n) is 7.41. The van der Waals surface area contributed by atoms with Crippen molar-refractivity contribution in [1.82, 2.24) is 10.2 Å². The van der Waals surface area contributed by atoms with Crippen LogP contribution in [0.5, 0.6) is 0 Å². The zero-order chi connectivity index (χ0) is 18.4. The number of nitrogens with two attached hydrogens (primary N) is 1. The summed E-state index contributed by atoms with van der Waals surface area (Å²) in [6.45, 7) is 7.55. The Morgan fingerprint density at radius 2 is 2.19 bits per heavy atom. The van der Waals surface area contributed by atoms with Crippen LogP contribution < -0.4 is 11.1 Å². The minimum absolute atomic E-state index is 0. The average molecular weight is 507 g/mol. The van der Waals surface area contributed by atoms with E-state index in [0.717, 1.165) is 44.2 Å². The van der Waals surface area contributed by atoms with Crippen LogP contribution in [0.2, 0.25) is 5.02 Å². The second-order valence-corrected chi connectivity index (χ2v) is 7.85. The molecule has 1 aromatic rings. The lowest BCUT2D eigenvalue weighted by atomic mass is 9.74. The summed E-state index contributed by atoms with van der Waals surface area (Å²) in [5, 5.41) is 4.11. The molecule has 2 aliphatic rings. The van der Waals surface area contributed by atoms with Crippen molar-refractivity contribution in [3.05, 3.63) is 34.9 Å². The monoisotopic (exact) mass is 506 g/mol. The molecule has 1 atom stereocenters. The minimum atomic E-state index is -0.0434. The summed E-state index contributed by atoms with van der Waals surface area (Å²) in [5.74, 6) is 0.542. The normalized spacial score (nSPS) is 23.0. The molecule has 2 fully saturated rings. The molecule has 5 nitrogen and oxygen atoms in total. The number of aliphatic imine (C=N–C) groups is 1. The Morgan fingerprint density at radius 3 is 2.89 bits per heavy atom. The molecule has 1 unspecified atom stereocenters. The van der Waals surface area contributed by atoms with Crippen molar-refractivity contribution in [2.75, 3.05) is 39.4 Å². The van der Waals surface area contributed by atoms with E-state index in [2.05, 4.69) is 29.3 Å². The van der Waals surface area contributed by atoms with Crippen LogP contribution in [0.1, 0.15) is 38.2 Å². The molecule has 0 spiro atoms. The first-order valence-corrected chi connectivity index (χ1v) is 10.1. The van der Waals surface area contributed by atoms with Crippen LogP contribution >= 0.6 is 35.6 Å². The predicted octanol–water partition coefficient (Wildman–Crippen LogP) is 3.39. The Balaban J connectivity index is 0.00000261. The van der Waals surface area contributed by atoms with E-state index < -0.39 is 0 Å². The van der Waals surface area contributed by atoms with Gasteiger partial charge in [0.05, 0.1) is 6.54 Å². The summed E-state index contributed by atoms with van der Waals surface area (Å²) in [7, 11) is 0. The topological polar surface area (TPSA) is 62.9 Å². The van der Waals surface area contributed by atoms with Crippen molar-refractivity contribution >= 4 is 41.5 Å². The number of likely N-dealkylation sites (N-methyl/N-ethyl adjacent to an activating group) is 1. The third-order valence-corrected chi connectivity index (χ3v) is 6.10. The molecule has 1 aromatic carbocycles. The second kappa shape index (κ2) is 10.8. The van der Waals surface area contributed by atoms with Crippen LogP contribution in [-0.4, -0.2) is 56.3 Å². The fourth-order valence-electron chi connectivity index (χ4n) is 4.18. The average Bonchev–Trinajstić information content (AvgIpc) is 3.13. The van der Waals surface area contributed by atoms with Crippen LogP contribution in [0.25, 0.3) is 0 Å². The Hall–Kier alpha value is -0.570. The van der Waals surface area contributed by atoms with Gasteiger partial charge in [0.15, 0.2) is 5.96 Å². The van der Waals surface area contributed by atoms with Crippen LogP contribution in [0.4, 0.5) is 0 Å². The van der Waals surface area contributed by atoms with E-state index in [1.165, 1.54) is 24.9 Å². The number of benzene rings is 1. The minimum Gasteiger partial charge on any atom is -0.381 e. The number of likely N-dealkylation sites (tertiary alicyclic amines) is 1. The maximum Gasteiger partial charge on any atom is 0.188 e. The predicted molar refractivity (Wildman–Crippen MR) is 123 cm³/mol. The van der Waals surface area contributed by atoms with E-state index in [9.17, 15) is 0 Å². The number of nitrogens with one attached hydrogen (secondary N) is 1. The molecule has 0 radical (unpaired) electrons. The number of ether oxygens (including phenoxy) is 1. The highest BCUT2D eigenvalue weighted by atomic mass is 127. The van der Waals surface area contributed by atoms with Crippen molar-refractivity contribution in [2.24, 2.45) is 10.7 Å². The molecule has 3 rings (SSSR count). The summed E-state index contributed by atoms with van der Waals surface area (Å²) in [6.07, 6.45) is 4.39. The van der Waals surface area contributed by atoms with Gasteiger partial charge in [-0.25, -0.2) is 0 Å². The molecule has 0 bridgehead atoms. The zero-order valence-electron chi connectivity index (χ0n) is 16.1. The van der Waals surface area contributed by atoms with Gasteiger partial charge in [0.1, 0.15) is 0 Å². The molecule has 2 saturated heterocycles. The first kappa shape index (κ1) is 22.7. The quantitative estimate of drug-likeness (QED) is 0.353. The number of rotatable bonds is 6. The standard InChI is InChI=1S/C20H31ClN4O.HI/c1-2-25-10-4-7-18(25)14-23-19(22)24-15-20(8-11-26-12-9-20)16-5-3-6-17(21)13-16;/h3,5-6,13,18H,2,4,7-12,14-15H2,1H3,(H3,22,23,24);1H. The maximum absolute atomic E-state index is 6.23. The molecular formula is C20H32ClIN4O. The van der Waals surface area contributed by atoms with Crippen molar-refractivity contribution in [3.63, 3.8) is 0 Å². The van der Waals surface area contributed by atoms with Crippen molar-refractivity contribution < 1.29 is 4.74 Å². The SMILES string of the molecule is CCN1CCCC1CNC(N)=NCC1(c2cccc(Cl)c2)CCOCC1.I. The molecule has 3 N–H and O–H groups in total. The Morgan fingerprint density at radius 1 is 1.41 bits per heavy atom. The van der Waals surface area contributed by atoms with Crippen molar-refractivity contribution in [1.29, 1.82) is 0 Å².